The van der Waals surface area contributed by atoms with E-state index in [1.165, 1.54) is 5.56 Å². The molecule has 0 fully saturated rings. The average Bonchev–Trinajstić information content (AvgIpc) is 2.46. The maximum Gasteiger partial charge on any atom is 0.0587 e. The Hall–Kier alpha value is -0.610. The molecule has 0 aliphatic heterocycles. The number of hydrogen-bond acceptors (Lipinski definition) is 3. The molecule has 0 spiro atoms. The first-order valence-corrected chi connectivity index (χ1v) is 7.57. The quantitative estimate of drug-likeness (QED) is 0.637. The highest BCUT2D eigenvalue weighted by atomic mass is 35.5. The normalized spacial score (nSPS) is 12.6. The van der Waals surface area contributed by atoms with Crippen LogP contribution in [0.4, 0.5) is 0 Å². The zero-order valence-electron chi connectivity index (χ0n) is 12.5. The Bertz CT molecular complexity index is 343. The summed E-state index contributed by atoms with van der Waals surface area (Å²) < 4.78 is 10.2. The van der Waals surface area contributed by atoms with E-state index in [2.05, 4.69) is 17.4 Å². The predicted octanol–water partition coefficient (Wildman–Crippen LogP) is 3.16. The van der Waals surface area contributed by atoms with Crippen LogP contribution >= 0.6 is 11.6 Å². The zero-order chi connectivity index (χ0) is 14.6. The van der Waals surface area contributed by atoms with E-state index in [1.807, 2.05) is 12.1 Å². The van der Waals surface area contributed by atoms with Gasteiger partial charge in [-0.3, -0.25) is 0 Å². The number of benzene rings is 1. The third-order valence-electron chi connectivity index (χ3n) is 3.31. The van der Waals surface area contributed by atoms with Crippen molar-refractivity contribution in [1.82, 2.24) is 5.32 Å². The molecule has 1 unspecified atom stereocenters. The molecule has 0 amide bonds. The molecule has 20 heavy (non-hydrogen) atoms. The van der Waals surface area contributed by atoms with E-state index in [-0.39, 0.29) is 0 Å². The molecule has 1 aromatic rings. The molecule has 1 rings (SSSR count). The van der Waals surface area contributed by atoms with E-state index in [1.54, 1.807) is 14.2 Å². The van der Waals surface area contributed by atoms with Crippen LogP contribution in [-0.4, -0.2) is 40.5 Å². The van der Waals surface area contributed by atoms with Gasteiger partial charge in [0.15, 0.2) is 0 Å². The highest BCUT2D eigenvalue weighted by Crippen LogP contribution is 2.16. The van der Waals surface area contributed by atoms with E-state index in [9.17, 15) is 0 Å². The third-order valence-corrected chi connectivity index (χ3v) is 3.57. The van der Waals surface area contributed by atoms with Gasteiger partial charge in [0.1, 0.15) is 0 Å². The second-order valence-corrected chi connectivity index (χ2v) is 5.47. The summed E-state index contributed by atoms with van der Waals surface area (Å²) in [6.45, 7) is 3.49. The highest BCUT2D eigenvalue weighted by molar-refractivity contribution is 6.30. The Kier molecular flexibility index (Phi) is 9.67. The van der Waals surface area contributed by atoms with E-state index in [0.29, 0.717) is 5.92 Å². The molecule has 114 valence electrons. The maximum atomic E-state index is 5.93. The number of nitrogens with one attached hydrogen (secondary N) is 1. The van der Waals surface area contributed by atoms with Crippen LogP contribution in [0.2, 0.25) is 5.02 Å². The number of rotatable bonds is 11. The van der Waals surface area contributed by atoms with E-state index in [0.717, 1.165) is 50.6 Å². The Morgan fingerprint density at radius 3 is 2.45 bits per heavy atom. The van der Waals surface area contributed by atoms with Crippen molar-refractivity contribution in [2.24, 2.45) is 5.92 Å². The van der Waals surface area contributed by atoms with Crippen LogP contribution in [0.3, 0.4) is 0 Å². The summed E-state index contributed by atoms with van der Waals surface area (Å²) in [6, 6.07) is 8.14. The SMILES string of the molecule is COCCCC(CNCCOC)Cc1ccc(Cl)cc1. The summed E-state index contributed by atoms with van der Waals surface area (Å²) in [5.74, 6) is 0.614. The fourth-order valence-electron chi connectivity index (χ4n) is 2.23. The first kappa shape index (κ1) is 17.4. The van der Waals surface area contributed by atoms with Gasteiger partial charge in [0, 0.05) is 32.4 Å². The van der Waals surface area contributed by atoms with Crippen molar-refractivity contribution in [2.75, 3.05) is 40.5 Å². The first-order chi connectivity index (χ1) is 9.76. The summed E-state index contributed by atoms with van der Waals surface area (Å²) in [7, 11) is 3.48. The smallest absolute Gasteiger partial charge is 0.0587 e. The Balaban J connectivity index is 2.41. The molecular weight excluding hydrogens is 274 g/mol. The lowest BCUT2D eigenvalue weighted by Crippen LogP contribution is -2.27. The van der Waals surface area contributed by atoms with Crippen molar-refractivity contribution in [1.29, 1.82) is 0 Å². The molecule has 0 bridgehead atoms. The van der Waals surface area contributed by atoms with Gasteiger partial charge in [-0.2, -0.15) is 0 Å². The van der Waals surface area contributed by atoms with Crippen molar-refractivity contribution < 1.29 is 9.47 Å². The molecule has 1 aromatic carbocycles. The molecule has 0 saturated heterocycles. The molecule has 0 saturated carbocycles. The van der Waals surface area contributed by atoms with E-state index in [4.69, 9.17) is 21.1 Å². The fraction of sp³-hybridized carbons (Fsp3) is 0.625. The van der Waals surface area contributed by atoms with Gasteiger partial charge >= 0.3 is 0 Å². The van der Waals surface area contributed by atoms with Crippen LogP contribution in [0.1, 0.15) is 18.4 Å². The standard InChI is InChI=1S/C16H26ClNO2/c1-19-10-3-4-15(13-18-9-11-20-2)12-14-5-7-16(17)8-6-14/h5-8,15,18H,3-4,9-13H2,1-2H3. The van der Waals surface area contributed by atoms with Crippen LogP contribution < -0.4 is 5.32 Å². The van der Waals surface area contributed by atoms with Gasteiger partial charge in [-0.25, -0.2) is 0 Å². The minimum Gasteiger partial charge on any atom is -0.385 e. The Morgan fingerprint density at radius 2 is 1.80 bits per heavy atom. The first-order valence-electron chi connectivity index (χ1n) is 7.19. The minimum absolute atomic E-state index is 0.614. The monoisotopic (exact) mass is 299 g/mol. The van der Waals surface area contributed by atoms with Gasteiger partial charge in [0.25, 0.3) is 0 Å². The van der Waals surface area contributed by atoms with Gasteiger partial charge in [-0.1, -0.05) is 23.7 Å². The Morgan fingerprint density at radius 1 is 1.10 bits per heavy atom. The summed E-state index contributed by atoms with van der Waals surface area (Å²) >= 11 is 5.93. The molecule has 3 nitrogen and oxygen atoms in total. The lowest BCUT2D eigenvalue weighted by molar-refractivity contribution is 0.183. The third kappa shape index (κ3) is 7.85. The van der Waals surface area contributed by atoms with Crippen LogP contribution in [0.5, 0.6) is 0 Å². The van der Waals surface area contributed by atoms with Crippen molar-refractivity contribution in [3.63, 3.8) is 0 Å². The molecule has 1 N–H and O–H groups in total. The van der Waals surface area contributed by atoms with E-state index >= 15 is 0 Å². The van der Waals surface area contributed by atoms with Gasteiger partial charge in [0.2, 0.25) is 0 Å². The number of halogens is 1. The summed E-state index contributed by atoms with van der Waals surface area (Å²) in [5, 5.41) is 4.25. The fourth-order valence-corrected chi connectivity index (χ4v) is 2.35. The van der Waals surface area contributed by atoms with Gasteiger partial charge in [-0.05, 0) is 49.4 Å². The van der Waals surface area contributed by atoms with Crippen LogP contribution in [0, 0.1) is 5.92 Å². The lowest BCUT2D eigenvalue weighted by Gasteiger charge is -2.18. The number of hydrogen-bond donors (Lipinski definition) is 1. The van der Waals surface area contributed by atoms with E-state index < -0.39 is 0 Å². The predicted molar refractivity (Wildman–Crippen MR) is 84.5 cm³/mol. The molecular formula is C16H26ClNO2. The molecule has 0 radical (unpaired) electrons. The van der Waals surface area contributed by atoms with Crippen LogP contribution in [0.25, 0.3) is 0 Å². The molecule has 0 aromatic heterocycles. The van der Waals surface area contributed by atoms with Gasteiger partial charge < -0.3 is 14.8 Å². The Labute approximate surface area is 127 Å². The summed E-state index contributed by atoms with van der Waals surface area (Å²) in [4.78, 5) is 0. The molecule has 0 aliphatic carbocycles. The largest absolute Gasteiger partial charge is 0.385 e. The molecule has 0 aliphatic rings. The van der Waals surface area contributed by atoms with Crippen LogP contribution in [-0.2, 0) is 15.9 Å². The van der Waals surface area contributed by atoms with Gasteiger partial charge in [-0.15, -0.1) is 0 Å². The second kappa shape index (κ2) is 11.1. The van der Waals surface area contributed by atoms with Crippen molar-refractivity contribution in [3.05, 3.63) is 34.9 Å². The number of methoxy groups -OCH3 is 2. The summed E-state index contributed by atoms with van der Waals surface area (Å²) in [6.07, 6.45) is 3.33. The maximum absolute atomic E-state index is 5.93. The average molecular weight is 300 g/mol. The van der Waals surface area contributed by atoms with Crippen LogP contribution in [0.15, 0.2) is 24.3 Å². The number of ether oxygens (including phenoxy) is 2. The minimum atomic E-state index is 0.614. The zero-order valence-corrected chi connectivity index (χ0v) is 13.3. The highest BCUT2D eigenvalue weighted by Gasteiger charge is 2.09. The summed E-state index contributed by atoms with van der Waals surface area (Å²) in [5.41, 5.74) is 1.34. The van der Waals surface area contributed by atoms with Gasteiger partial charge in [0.05, 0.1) is 6.61 Å². The van der Waals surface area contributed by atoms with Crippen molar-refractivity contribution in [2.45, 2.75) is 19.3 Å². The lowest BCUT2D eigenvalue weighted by atomic mass is 9.95. The molecule has 4 heteroatoms. The van der Waals surface area contributed by atoms with Crippen molar-refractivity contribution in [3.8, 4) is 0 Å². The molecule has 1 atom stereocenters. The van der Waals surface area contributed by atoms with Crippen molar-refractivity contribution >= 4 is 11.6 Å². The molecule has 0 heterocycles. The topological polar surface area (TPSA) is 30.5 Å². The second-order valence-electron chi connectivity index (χ2n) is 5.03.